The van der Waals surface area contributed by atoms with Gasteiger partial charge in [0, 0.05) is 25.0 Å². The average molecular weight is 328 g/mol. The molecule has 126 valence electrons. The van der Waals surface area contributed by atoms with Crippen molar-refractivity contribution in [2.24, 2.45) is 0 Å². The zero-order chi connectivity index (χ0) is 17.1. The molecular weight excluding hydrogens is 307 g/mol. The Bertz CT molecular complexity index is 757. The minimum Gasteiger partial charge on any atom is -0.341 e. The zero-order valence-electron chi connectivity index (χ0n) is 14.0. The van der Waals surface area contributed by atoms with Gasteiger partial charge >= 0.3 is 0 Å². The Kier molecular flexibility index (Phi) is 4.74. The van der Waals surface area contributed by atoms with Crippen molar-refractivity contribution in [2.75, 3.05) is 23.3 Å². The number of rotatable bonds is 3. The summed E-state index contributed by atoms with van der Waals surface area (Å²) >= 11 is 0. The number of amides is 1. The van der Waals surface area contributed by atoms with Crippen LogP contribution < -0.4 is 10.2 Å². The van der Waals surface area contributed by atoms with Gasteiger partial charge in [0.1, 0.15) is 5.82 Å². The number of benzene rings is 1. The fraction of sp³-hybridized carbons (Fsp3) is 0.389. The molecule has 0 unspecified atom stereocenters. The summed E-state index contributed by atoms with van der Waals surface area (Å²) in [6, 6.07) is 4.27. The van der Waals surface area contributed by atoms with Crippen molar-refractivity contribution in [3.05, 3.63) is 47.0 Å². The molecule has 0 saturated carbocycles. The van der Waals surface area contributed by atoms with Crippen molar-refractivity contribution in [3.8, 4) is 0 Å². The average Bonchev–Trinajstić information content (AvgIpc) is 2.58. The third kappa shape index (κ3) is 3.53. The summed E-state index contributed by atoms with van der Waals surface area (Å²) in [5.41, 5.74) is 2.33. The quantitative estimate of drug-likeness (QED) is 0.937. The molecule has 6 heteroatoms. The van der Waals surface area contributed by atoms with E-state index in [1.54, 1.807) is 19.2 Å². The van der Waals surface area contributed by atoms with Gasteiger partial charge in [0.2, 0.25) is 5.95 Å². The number of hydrogen-bond donors (Lipinski definition) is 1. The van der Waals surface area contributed by atoms with E-state index in [1.165, 1.54) is 18.6 Å². The number of halogens is 1. The summed E-state index contributed by atoms with van der Waals surface area (Å²) in [7, 11) is 0. The van der Waals surface area contributed by atoms with E-state index in [0.29, 0.717) is 28.5 Å². The van der Waals surface area contributed by atoms with E-state index in [2.05, 4.69) is 20.2 Å². The second-order valence-electron chi connectivity index (χ2n) is 6.13. The first-order valence-electron chi connectivity index (χ1n) is 8.20. The molecule has 0 atom stereocenters. The van der Waals surface area contributed by atoms with Crippen LogP contribution in [0.3, 0.4) is 0 Å². The molecule has 1 saturated heterocycles. The summed E-state index contributed by atoms with van der Waals surface area (Å²) < 4.78 is 13.2. The Morgan fingerprint density at radius 3 is 2.62 bits per heavy atom. The van der Waals surface area contributed by atoms with Gasteiger partial charge in [-0.25, -0.2) is 14.4 Å². The Labute approximate surface area is 140 Å². The predicted octanol–water partition coefficient (Wildman–Crippen LogP) is 3.48. The van der Waals surface area contributed by atoms with Crippen LogP contribution in [0.15, 0.2) is 24.4 Å². The highest BCUT2D eigenvalue weighted by Crippen LogP contribution is 2.19. The van der Waals surface area contributed by atoms with Crippen LogP contribution in [-0.4, -0.2) is 29.0 Å². The lowest BCUT2D eigenvalue weighted by atomic mass is 10.1. The Morgan fingerprint density at radius 1 is 1.21 bits per heavy atom. The van der Waals surface area contributed by atoms with Gasteiger partial charge in [-0.2, -0.15) is 0 Å². The molecule has 0 spiro atoms. The van der Waals surface area contributed by atoms with E-state index in [4.69, 9.17) is 0 Å². The number of piperidine rings is 1. The largest absolute Gasteiger partial charge is 0.341 e. The van der Waals surface area contributed by atoms with Crippen LogP contribution in [-0.2, 0) is 0 Å². The summed E-state index contributed by atoms with van der Waals surface area (Å²) in [5.74, 6) is 0.0741. The van der Waals surface area contributed by atoms with Gasteiger partial charge in [0.15, 0.2) is 0 Å². The van der Waals surface area contributed by atoms with Crippen molar-refractivity contribution in [1.29, 1.82) is 0 Å². The second-order valence-corrected chi connectivity index (χ2v) is 6.13. The lowest BCUT2D eigenvalue weighted by Gasteiger charge is -2.26. The van der Waals surface area contributed by atoms with Crippen LogP contribution in [0.5, 0.6) is 0 Å². The lowest BCUT2D eigenvalue weighted by molar-refractivity contribution is 0.102. The van der Waals surface area contributed by atoms with Crippen LogP contribution >= 0.6 is 0 Å². The molecule has 3 rings (SSSR count). The van der Waals surface area contributed by atoms with Gasteiger partial charge in [-0.15, -0.1) is 0 Å². The topological polar surface area (TPSA) is 58.1 Å². The molecule has 1 amide bonds. The number of nitrogens with zero attached hydrogens (tertiary/aromatic N) is 3. The fourth-order valence-electron chi connectivity index (χ4n) is 2.88. The smallest absolute Gasteiger partial charge is 0.259 e. The molecule has 0 bridgehead atoms. The SMILES string of the molecule is Cc1cc(F)ccc1NC(=O)c1cnc(N2CCCCC2)nc1C. The number of carbonyl (C=O) groups excluding carboxylic acids is 1. The maximum atomic E-state index is 13.2. The first kappa shape index (κ1) is 16.4. The number of nitrogens with one attached hydrogen (secondary N) is 1. The van der Waals surface area contributed by atoms with E-state index in [0.717, 1.165) is 25.9 Å². The fourth-order valence-corrected chi connectivity index (χ4v) is 2.88. The van der Waals surface area contributed by atoms with Crippen molar-refractivity contribution in [1.82, 2.24) is 9.97 Å². The number of aryl methyl sites for hydroxylation is 2. The Balaban J connectivity index is 1.77. The number of aromatic nitrogens is 2. The van der Waals surface area contributed by atoms with Crippen LogP contribution in [0, 0.1) is 19.7 Å². The van der Waals surface area contributed by atoms with Crippen molar-refractivity contribution in [3.63, 3.8) is 0 Å². The molecule has 1 aliphatic heterocycles. The first-order chi connectivity index (χ1) is 11.5. The highest BCUT2D eigenvalue weighted by molar-refractivity contribution is 6.05. The second kappa shape index (κ2) is 6.95. The molecule has 24 heavy (non-hydrogen) atoms. The van der Waals surface area contributed by atoms with E-state index in [9.17, 15) is 9.18 Å². The number of hydrogen-bond acceptors (Lipinski definition) is 4. The normalized spacial score (nSPS) is 14.5. The lowest BCUT2D eigenvalue weighted by Crippen LogP contribution is -2.31. The van der Waals surface area contributed by atoms with Crippen molar-refractivity contribution >= 4 is 17.5 Å². The molecule has 1 aromatic carbocycles. The minimum absolute atomic E-state index is 0.285. The molecule has 2 aromatic rings. The van der Waals surface area contributed by atoms with Crippen molar-refractivity contribution in [2.45, 2.75) is 33.1 Å². The van der Waals surface area contributed by atoms with Gasteiger partial charge in [-0.1, -0.05) is 0 Å². The van der Waals surface area contributed by atoms with Crippen molar-refractivity contribution < 1.29 is 9.18 Å². The summed E-state index contributed by atoms with van der Waals surface area (Å²) in [4.78, 5) is 23.5. The molecule has 0 aliphatic carbocycles. The third-order valence-corrected chi connectivity index (χ3v) is 4.29. The van der Waals surface area contributed by atoms with E-state index in [-0.39, 0.29) is 11.7 Å². The maximum Gasteiger partial charge on any atom is 0.259 e. The third-order valence-electron chi connectivity index (χ3n) is 4.29. The van der Waals surface area contributed by atoms with Crippen LogP contribution in [0.4, 0.5) is 16.0 Å². The molecule has 1 aliphatic rings. The molecular formula is C18H21FN4O. The molecule has 1 fully saturated rings. The van der Waals surface area contributed by atoms with Gasteiger partial charge in [0.25, 0.3) is 5.91 Å². The molecule has 1 aromatic heterocycles. The van der Waals surface area contributed by atoms with Gasteiger partial charge < -0.3 is 10.2 Å². The molecule has 0 radical (unpaired) electrons. The van der Waals surface area contributed by atoms with Crippen LogP contribution in [0.25, 0.3) is 0 Å². The van der Waals surface area contributed by atoms with E-state index in [1.807, 2.05) is 6.92 Å². The Hall–Kier alpha value is -2.50. The minimum atomic E-state index is -0.323. The van der Waals surface area contributed by atoms with Gasteiger partial charge in [-0.3, -0.25) is 4.79 Å². The summed E-state index contributed by atoms with van der Waals surface area (Å²) in [5, 5.41) is 2.79. The van der Waals surface area contributed by atoms with Gasteiger partial charge in [0.05, 0.1) is 11.3 Å². The van der Waals surface area contributed by atoms with E-state index < -0.39 is 0 Å². The summed E-state index contributed by atoms with van der Waals surface area (Å²) in [6.07, 6.45) is 5.11. The first-order valence-corrected chi connectivity index (χ1v) is 8.20. The highest BCUT2D eigenvalue weighted by atomic mass is 19.1. The molecule has 1 N–H and O–H groups in total. The maximum absolute atomic E-state index is 13.2. The predicted molar refractivity (Wildman–Crippen MR) is 91.9 cm³/mol. The number of carbonyl (C=O) groups is 1. The molecule has 2 heterocycles. The van der Waals surface area contributed by atoms with Crippen LogP contribution in [0.2, 0.25) is 0 Å². The zero-order valence-corrected chi connectivity index (χ0v) is 14.0. The standard InChI is InChI=1S/C18H21FN4O/c1-12-10-14(19)6-7-16(12)22-17(24)15-11-20-18(21-13(15)2)23-8-4-3-5-9-23/h6-7,10-11H,3-5,8-9H2,1-2H3,(H,22,24). The monoisotopic (exact) mass is 328 g/mol. The molecule has 5 nitrogen and oxygen atoms in total. The van der Waals surface area contributed by atoms with Crippen LogP contribution in [0.1, 0.15) is 40.9 Å². The Morgan fingerprint density at radius 2 is 1.96 bits per heavy atom. The number of anilines is 2. The summed E-state index contributed by atoms with van der Waals surface area (Å²) in [6.45, 7) is 5.47. The van der Waals surface area contributed by atoms with E-state index >= 15 is 0 Å². The highest BCUT2D eigenvalue weighted by Gasteiger charge is 2.17. The van der Waals surface area contributed by atoms with Gasteiger partial charge in [-0.05, 0) is 56.9 Å².